The topological polar surface area (TPSA) is 59.9 Å². The van der Waals surface area contributed by atoms with Crippen LogP contribution in [0.5, 0.6) is 0 Å². The van der Waals surface area contributed by atoms with Gasteiger partial charge in [0, 0.05) is 36.5 Å². The van der Waals surface area contributed by atoms with Gasteiger partial charge in [-0.2, -0.15) is 0 Å². The zero-order valence-electron chi connectivity index (χ0n) is 21.3. The van der Waals surface area contributed by atoms with E-state index in [2.05, 4.69) is 47.6 Å². The number of allylic oxidation sites excluding steroid dienone is 4. The van der Waals surface area contributed by atoms with Gasteiger partial charge in [0.05, 0.1) is 5.39 Å². The van der Waals surface area contributed by atoms with Crippen LogP contribution in [0.2, 0.25) is 0 Å². The van der Waals surface area contributed by atoms with Gasteiger partial charge in [0.25, 0.3) is 0 Å². The van der Waals surface area contributed by atoms with Gasteiger partial charge in [-0.1, -0.05) is 32.1 Å². The quantitative estimate of drug-likeness (QED) is 0.353. The molecule has 5 nitrogen and oxygen atoms in total. The number of methoxy groups -OCH3 is 1. The minimum absolute atomic E-state index is 0.329. The molecule has 0 radical (unpaired) electrons. The van der Waals surface area contributed by atoms with Crippen molar-refractivity contribution in [2.75, 3.05) is 19.0 Å². The van der Waals surface area contributed by atoms with Crippen molar-refractivity contribution in [1.29, 1.82) is 0 Å². The molecule has 5 rings (SSSR count). The van der Waals surface area contributed by atoms with E-state index in [-0.39, 0.29) is 5.60 Å². The molecular formula is C29H36N4OS. The van der Waals surface area contributed by atoms with Crippen LogP contribution >= 0.6 is 11.3 Å². The Morgan fingerprint density at radius 3 is 2.69 bits per heavy atom. The molecule has 35 heavy (non-hydrogen) atoms. The maximum Gasteiger partial charge on any atom is 0.163 e. The predicted octanol–water partition coefficient (Wildman–Crippen LogP) is 7.31. The Morgan fingerprint density at radius 2 is 1.89 bits per heavy atom. The average molecular weight is 489 g/mol. The molecule has 2 aliphatic carbocycles. The van der Waals surface area contributed by atoms with Gasteiger partial charge in [-0.15, -0.1) is 11.3 Å². The molecule has 0 aromatic carbocycles. The molecule has 1 unspecified atom stereocenters. The van der Waals surface area contributed by atoms with Gasteiger partial charge in [0.1, 0.15) is 16.2 Å². The van der Waals surface area contributed by atoms with E-state index in [9.17, 15) is 0 Å². The lowest BCUT2D eigenvalue weighted by molar-refractivity contribution is 0.0908. The number of thiophene rings is 1. The molecule has 0 amide bonds. The average Bonchev–Trinajstić information content (AvgIpc) is 3.18. The molecule has 0 aliphatic heterocycles. The molecule has 3 aromatic rings. The van der Waals surface area contributed by atoms with E-state index in [4.69, 9.17) is 14.7 Å². The minimum Gasteiger partial charge on any atom is -0.370 e. The zero-order chi connectivity index (χ0) is 24.7. The van der Waals surface area contributed by atoms with Gasteiger partial charge in [-0.25, -0.2) is 9.97 Å². The second-order valence-corrected chi connectivity index (χ2v) is 9.96. The van der Waals surface area contributed by atoms with Crippen LogP contribution in [0.15, 0.2) is 60.5 Å². The van der Waals surface area contributed by atoms with Crippen molar-refractivity contribution in [3.8, 4) is 11.4 Å². The van der Waals surface area contributed by atoms with Crippen LogP contribution in [0.3, 0.4) is 0 Å². The van der Waals surface area contributed by atoms with Crippen molar-refractivity contribution in [3.05, 3.63) is 70.9 Å². The van der Waals surface area contributed by atoms with Crippen molar-refractivity contribution >= 4 is 27.4 Å². The van der Waals surface area contributed by atoms with Gasteiger partial charge >= 0.3 is 0 Å². The monoisotopic (exact) mass is 488 g/mol. The number of hydrogen-bond acceptors (Lipinski definition) is 6. The molecule has 0 saturated heterocycles. The Morgan fingerprint density at radius 1 is 1.09 bits per heavy atom. The number of hydrogen-bond donors (Lipinski definition) is 1. The van der Waals surface area contributed by atoms with E-state index in [1.807, 2.05) is 37.3 Å². The van der Waals surface area contributed by atoms with Crippen molar-refractivity contribution in [1.82, 2.24) is 15.0 Å². The number of pyridine rings is 1. The summed E-state index contributed by atoms with van der Waals surface area (Å²) in [5, 5.41) is 4.90. The van der Waals surface area contributed by atoms with Crippen molar-refractivity contribution in [2.24, 2.45) is 0 Å². The number of rotatable bonds is 7. The maximum absolute atomic E-state index is 5.58. The highest BCUT2D eigenvalue weighted by molar-refractivity contribution is 7.19. The van der Waals surface area contributed by atoms with Crippen LogP contribution in [-0.2, 0) is 17.6 Å². The second kappa shape index (κ2) is 11.7. The summed E-state index contributed by atoms with van der Waals surface area (Å²) in [5.74, 6) is 1.74. The molecule has 0 bridgehead atoms. The van der Waals surface area contributed by atoms with Gasteiger partial charge < -0.3 is 10.1 Å². The first-order valence-electron chi connectivity index (χ1n) is 12.7. The number of ether oxygens (including phenoxy) is 1. The summed E-state index contributed by atoms with van der Waals surface area (Å²) in [6.07, 6.45) is 21.1. The first-order chi connectivity index (χ1) is 17.1. The zero-order valence-corrected chi connectivity index (χ0v) is 22.1. The molecule has 3 aromatic heterocycles. The van der Waals surface area contributed by atoms with Gasteiger partial charge in [0.15, 0.2) is 5.82 Å². The SMILES string of the molecule is CC.COC1(C)C=CC=C(CCCNc2nc(-c3ccncc3)nc3sc4c(c23)CCCC4)C=C1. The third-order valence-electron chi connectivity index (χ3n) is 6.49. The highest BCUT2D eigenvalue weighted by atomic mass is 32.1. The minimum atomic E-state index is -0.329. The van der Waals surface area contributed by atoms with Crippen LogP contribution in [0, 0.1) is 0 Å². The van der Waals surface area contributed by atoms with E-state index < -0.39 is 0 Å². The van der Waals surface area contributed by atoms with Gasteiger partial charge in [-0.05, 0) is 80.9 Å². The Bertz CT molecular complexity index is 1230. The second-order valence-electron chi connectivity index (χ2n) is 8.88. The Balaban J connectivity index is 0.00000141. The standard InChI is InChI=1S/C27H30N4OS.C2H6/c1-27(32-2)14-5-7-19(11-15-27)8-6-16-29-25-23-21-9-3-4-10-22(21)33-26(23)31-24(30-25)20-12-17-28-18-13-20;1-2/h5,7,11-15,17-18H,3-4,6,8-10,16H2,1-2H3,(H,29,30,31);1-2H3. The Labute approximate surface area is 213 Å². The first kappa shape index (κ1) is 25.3. The lowest BCUT2D eigenvalue weighted by Gasteiger charge is -2.18. The number of anilines is 1. The summed E-state index contributed by atoms with van der Waals surface area (Å²) in [6.45, 7) is 6.93. The van der Waals surface area contributed by atoms with Crippen LogP contribution in [-0.4, -0.2) is 34.2 Å². The molecule has 2 aliphatic rings. The maximum atomic E-state index is 5.58. The van der Waals surface area contributed by atoms with Crippen molar-refractivity contribution in [3.63, 3.8) is 0 Å². The largest absolute Gasteiger partial charge is 0.370 e. The Kier molecular flexibility index (Phi) is 8.47. The number of nitrogens with one attached hydrogen (secondary N) is 1. The van der Waals surface area contributed by atoms with Crippen molar-refractivity contribution < 1.29 is 4.74 Å². The fourth-order valence-electron chi connectivity index (χ4n) is 4.46. The third kappa shape index (κ3) is 5.88. The molecule has 6 heteroatoms. The number of aryl methyl sites for hydroxylation is 2. The van der Waals surface area contributed by atoms with Crippen LogP contribution in [0.25, 0.3) is 21.6 Å². The summed E-state index contributed by atoms with van der Waals surface area (Å²) in [4.78, 5) is 16.7. The van der Waals surface area contributed by atoms with Gasteiger partial charge in [-0.3, -0.25) is 4.98 Å². The van der Waals surface area contributed by atoms with Crippen LogP contribution in [0.4, 0.5) is 5.82 Å². The first-order valence-corrected chi connectivity index (χ1v) is 13.6. The van der Waals surface area contributed by atoms with E-state index in [1.165, 1.54) is 34.2 Å². The van der Waals surface area contributed by atoms with Crippen LogP contribution in [0.1, 0.15) is 56.9 Å². The van der Waals surface area contributed by atoms with E-state index in [0.29, 0.717) is 0 Å². The molecule has 0 fully saturated rings. The summed E-state index contributed by atoms with van der Waals surface area (Å²) < 4.78 is 5.58. The highest BCUT2D eigenvalue weighted by Gasteiger charge is 2.21. The lowest BCUT2D eigenvalue weighted by atomic mass is 9.97. The normalized spacial score (nSPS) is 18.9. The third-order valence-corrected chi connectivity index (χ3v) is 7.68. The number of nitrogens with zero attached hydrogens (tertiary/aromatic N) is 3. The highest BCUT2D eigenvalue weighted by Crippen LogP contribution is 2.39. The molecule has 0 spiro atoms. The summed E-state index contributed by atoms with van der Waals surface area (Å²) in [6, 6.07) is 3.95. The molecule has 0 saturated carbocycles. The number of aromatic nitrogens is 3. The molecule has 1 atom stereocenters. The fraction of sp³-hybridized carbons (Fsp3) is 0.414. The van der Waals surface area contributed by atoms with Crippen LogP contribution < -0.4 is 5.32 Å². The number of fused-ring (bicyclic) bond motifs is 3. The van der Waals surface area contributed by atoms with E-state index in [0.717, 1.165) is 54.3 Å². The summed E-state index contributed by atoms with van der Waals surface area (Å²) in [7, 11) is 1.75. The molecule has 184 valence electrons. The van der Waals surface area contributed by atoms with E-state index in [1.54, 1.807) is 19.5 Å². The lowest BCUT2D eigenvalue weighted by Crippen LogP contribution is -2.20. The van der Waals surface area contributed by atoms with E-state index >= 15 is 0 Å². The summed E-state index contributed by atoms with van der Waals surface area (Å²) >= 11 is 1.84. The van der Waals surface area contributed by atoms with Crippen molar-refractivity contribution in [2.45, 2.75) is 64.9 Å². The smallest absolute Gasteiger partial charge is 0.163 e. The van der Waals surface area contributed by atoms with Gasteiger partial charge in [0.2, 0.25) is 0 Å². The molecular weight excluding hydrogens is 452 g/mol. The summed E-state index contributed by atoms with van der Waals surface area (Å²) in [5.41, 5.74) is 3.45. The Hall–Kier alpha value is -2.83. The molecule has 1 N–H and O–H groups in total. The fourth-order valence-corrected chi connectivity index (χ4v) is 5.73. The molecule has 3 heterocycles. The predicted molar refractivity (Wildman–Crippen MR) is 148 cm³/mol.